The van der Waals surface area contributed by atoms with Crippen LogP contribution in [-0.4, -0.2) is 26.6 Å². The molecule has 1 atom stereocenters. The zero-order valence-electron chi connectivity index (χ0n) is 14.9. The third-order valence-corrected chi connectivity index (χ3v) is 5.51. The molecule has 0 heterocycles. The van der Waals surface area contributed by atoms with Gasteiger partial charge < -0.3 is 5.32 Å². The van der Waals surface area contributed by atoms with Crippen LogP contribution in [0.3, 0.4) is 0 Å². The molecule has 0 radical (unpaired) electrons. The molecule has 0 aliphatic rings. The van der Waals surface area contributed by atoms with Gasteiger partial charge in [-0.2, -0.15) is 0 Å². The van der Waals surface area contributed by atoms with Crippen LogP contribution in [0.4, 0.5) is 11.4 Å². The molecular formula is C18H20Cl2N2O3S. The lowest BCUT2D eigenvalue weighted by atomic mass is 10.1. The van der Waals surface area contributed by atoms with E-state index in [1.807, 2.05) is 26.0 Å². The zero-order valence-corrected chi connectivity index (χ0v) is 17.2. The molecule has 2 aromatic carbocycles. The lowest BCUT2D eigenvalue weighted by Gasteiger charge is -2.28. The second-order valence-corrected chi connectivity index (χ2v) is 8.90. The first kappa shape index (κ1) is 20.6. The van der Waals surface area contributed by atoms with Crippen molar-refractivity contribution in [1.82, 2.24) is 0 Å². The maximum atomic E-state index is 12.7. The maximum Gasteiger partial charge on any atom is 0.248 e. The van der Waals surface area contributed by atoms with Crippen molar-refractivity contribution in [2.75, 3.05) is 15.9 Å². The smallest absolute Gasteiger partial charge is 0.248 e. The first-order chi connectivity index (χ1) is 12.0. The molecule has 8 heteroatoms. The first-order valence-electron chi connectivity index (χ1n) is 7.82. The standard InChI is InChI=1S/C18H20Cl2N2O3S/c1-11-5-6-17(12(2)7-11)21-18(23)13(3)22(26(4,24)25)16-9-14(19)8-15(20)10-16/h5-10,13H,1-4H3,(H,21,23)/t13-/m0/s1. The number of carbonyl (C=O) groups excluding carboxylic acids is 1. The van der Waals surface area contributed by atoms with Gasteiger partial charge in [0, 0.05) is 15.7 Å². The average Bonchev–Trinajstić information content (AvgIpc) is 2.47. The number of hydrogen-bond donors (Lipinski definition) is 1. The number of nitrogens with one attached hydrogen (secondary N) is 1. The van der Waals surface area contributed by atoms with Crippen LogP contribution in [-0.2, 0) is 14.8 Å². The first-order valence-corrected chi connectivity index (χ1v) is 10.4. The number of halogens is 2. The van der Waals surface area contributed by atoms with Gasteiger partial charge in [0.05, 0.1) is 11.9 Å². The lowest BCUT2D eigenvalue weighted by molar-refractivity contribution is -0.116. The monoisotopic (exact) mass is 414 g/mol. The molecule has 0 bridgehead atoms. The highest BCUT2D eigenvalue weighted by Crippen LogP contribution is 2.29. The van der Waals surface area contributed by atoms with Crippen molar-refractivity contribution < 1.29 is 13.2 Å². The fourth-order valence-corrected chi connectivity index (χ4v) is 4.34. The third kappa shape index (κ3) is 4.90. The van der Waals surface area contributed by atoms with Crippen molar-refractivity contribution >= 4 is 50.5 Å². The molecular weight excluding hydrogens is 395 g/mol. The molecule has 0 fully saturated rings. The molecule has 2 aromatic rings. The summed E-state index contributed by atoms with van der Waals surface area (Å²) in [5.41, 5.74) is 2.82. The van der Waals surface area contributed by atoms with Gasteiger partial charge in [0.2, 0.25) is 15.9 Å². The van der Waals surface area contributed by atoms with Gasteiger partial charge in [-0.25, -0.2) is 8.42 Å². The van der Waals surface area contributed by atoms with Crippen LogP contribution in [0.2, 0.25) is 10.0 Å². The molecule has 0 unspecified atom stereocenters. The van der Waals surface area contributed by atoms with Crippen LogP contribution in [0.1, 0.15) is 18.1 Å². The van der Waals surface area contributed by atoms with Crippen LogP contribution in [0, 0.1) is 13.8 Å². The summed E-state index contributed by atoms with van der Waals surface area (Å²) < 4.78 is 25.7. The van der Waals surface area contributed by atoms with Gasteiger partial charge in [0.25, 0.3) is 0 Å². The molecule has 26 heavy (non-hydrogen) atoms. The minimum atomic E-state index is -3.75. The molecule has 0 aromatic heterocycles. The predicted octanol–water partition coefficient (Wildman–Crippen LogP) is 4.40. The topological polar surface area (TPSA) is 66.5 Å². The second kappa shape index (κ2) is 7.86. The summed E-state index contributed by atoms with van der Waals surface area (Å²) in [5, 5.41) is 3.34. The van der Waals surface area contributed by atoms with Crippen molar-refractivity contribution in [2.24, 2.45) is 0 Å². The lowest BCUT2D eigenvalue weighted by Crippen LogP contribution is -2.45. The summed E-state index contributed by atoms with van der Waals surface area (Å²) >= 11 is 12.0. The van der Waals surface area contributed by atoms with Crippen LogP contribution in [0.25, 0.3) is 0 Å². The molecule has 0 saturated heterocycles. The van der Waals surface area contributed by atoms with Gasteiger partial charge in [-0.3, -0.25) is 9.10 Å². The van der Waals surface area contributed by atoms with Crippen molar-refractivity contribution in [1.29, 1.82) is 0 Å². The Kier molecular flexibility index (Phi) is 6.21. The molecule has 2 rings (SSSR count). The van der Waals surface area contributed by atoms with E-state index in [1.165, 1.54) is 25.1 Å². The van der Waals surface area contributed by atoms with Gasteiger partial charge in [-0.05, 0) is 50.6 Å². The van der Waals surface area contributed by atoms with E-state index in [1.54, 1.807) is 6.07 Å². The highest BCUT2D eigenvalue weighted by atomic mass is 35.5. The van der Waals surface area contributed by atoms with Gasteiger partial charge in [0.1, 0.15) is 6.04 Å². The van der Waals surface area contributed by atoms with E-state index < -0.39 is 22.0 Å². The Labute approximate surface area is 164 Å². The Bertz CT molecular complexity index is 925. The number of carbonyl (C=O) groups is 1. The molecule has 1 amide bonds. The van der Waals surface area contributed by atoms with E-state index in [9.17, 15) is 13.2 Å². The summed E-state index contributed by atoms with van der Waals surface area (Å²) in [6.07, 6.45) is 1.03. The van der Waals surface area contributed by atoms with Crippen LogP contribution in [0.5, 0.6) is 0 Å². The summed E-state index contributed by atoms with van der Waals surface area (Å²) in [6.45, 7) is 5.34. The van der Waals surface area contributed by atoms with Crippen molar-refractivity contribution in [2.45, 2.75) is 26.8 Å². The Morgan fingerprint density at radius 2 is 1.65 bits per heavy atom. The number of anilines is 2. The number of hydrogen-bond acceptors (Lipinski definition) is 3. The fourth-order valence-electron chi connectivity index (χ4n) is 2.67. The third-order valence-electron chi connectivity index (χ3n) is 3.83. The Morgan fingerprint density at radius 3 is 2.15 bits per heavy atom. The van der Waals surface area contributed by atoms with Crippen molar-refractivity contribution in [3.8, 4) is 0 Å². The van der Waals surface area contributed by atoms with E-state index in [2.05, 4.69) is 5.32 Å². The summed E-state index contributed by atoms with van der Waals surface area (Å²) in [4.78, 5) is 12.7. The molecule has 0 spiro atoms. The average molecular weight is 415 g/mol. The summed E-state index contributed by atoms with van der Waals surface area (Å²) in [6, 6.07) is 9.00. The molecule has 5 nitrogen and oxygen atoms in total. The second-order valence-electron chi connectivity index (χ2n) is 6.17. The fraction of sp³-hybridized carbons (Fsp3) is 0.278. The Balaban J connectivity index is 2.37. The number of sulfonamides is 1. The van der Waals surface area contributed by atoms with Crippen molar-refractivity contribution in [3.63, 3.8) is 0 Å². The van der Waals surface area contributed by atoms with Gasteiger partial charge in [-0.1, -0.05) is 40.9 Å². The Hall–Kier alpha value is -1.76. The zero-order chi connectivity index (χ0) is 19.6. The molecule has 0 aliphatic heterocycles. The normalized spacial score (nSPS) is 12.5. The molecule has 0 aliphatic carbocycles. The number of nitrogens with zero attached hydrogens (tertiary/aromatic N) is 1. The number of rotatable bonds is 5. The van der Waals surface area contributed by atoms with E-state index in [-0.39, 0.29) is 15.7 Å². The molecule has 0 saturated carbocycles. The number of amides is 1. The largest absolute Gasteiger partial charge is 0.324 e. The van der Waals surface area contributed by atoms with E-state index in [4.69, 9.17) is 23.2 Å². The van der Waals surface area contributed by atoms with E-state index in [0.29, 0.717) is 5.69 Å². The van der Waals surface area contributed by atoms with Crippen LogP contribution < -0.4 is 9.62 Å². The van der Waals surface area contributed by atoms with Gasteiger partial charge >= 0.3 is 0 Å². The summed E-state index contributed by atoms with van der Waals surface area (Å²) in [7, 11) is -3.75. The highest BCUT2D eigenvalue weighted by molar-refractivity contribution is 7.92. The quantitative estimate of drug-likeness (QED) is 0.787. The van der Waals surface area contributed by atoms with Crippen molar-refractivity contribution in [3.05, 3.63) is 57.6 Å². The van der Waals surface area contributed by atoms with Crippen LogP contribution in [0.15, 0.2) is 36.4 Å². The summed E-state index contributed by atoms with van der Waals surface area (Å²) in [5.74, 6) is -0.460. The van der Waals surface area contributed by atoms with E-state index >= 15 is 0 Å². The molecule has 140 valence electrons. The minimum Gasteiger partial charge on any atom is -0.324 e. The van der Waals surface area contributed by atoms with Gasteiger partial charge in [-0.15, -0.1) is 0 Å². The Morgan fingerprint density at radius 1 is 1.08 bits per heavy atom. The van der Waals surface area contributed by atoms with Crippen LogP contribution >= 0.6 is 23.2 Å². The minimum absolute atomic E-state index is 0.230. The predicted molar refractivity (Wildman–Crippen MR) is 108 cm³/mol. The highest BCUT2D eigenvalue weighted by Gasteiger charge is 2.29. The van der Waals surface area contributed by atoms with E-state index in [0.717, 1.165) is 21.7 Å². The molecule has 1 N–H and O–H groups in total. The van der Waals surface area contributed by atoms with Gasteiger partial charge in [0.15, 0.2) is 0 Å². The number of benzene rings is 2. The maximum absolute atomic E-state index is 12.7. The SMILES string of the molecule is Cc1ccc(NC(=O)[C@H](C)N(c2cc(Cl)cc(Cl)c2)S(C)(=O)=O)c(C)c1. The number of aryl methyl sites for hydroxylation is 2.